The first kappa shape index (κ1) is 5.99. The molecular formula is C3H3NO5. The molecule has 1 fully saturated rings. The van der Waals surface area contributed by atoms with Crippen molar-refractivity contribution in [2.24, 2.45) is 0 Å². The molecule has 1 aliphatic heterocycles. The van der Waals surface area contributed by atoms with E-state index in [4.69, 9.17) is 10.2 Å². The van der Waals surface area contributed by atoms with Crippen molar-refractivity contribution in [1.82, 2.24) is 5.48 Å². The Bertz CT molecular complexity index is 155. The van der Waals surface area contributed by atoms with E-state index < -0.39 is 17.7 Å². The van der Waals surface area contributed by atoms with Crippen LogP contribution in [-0.4, -0.2) is 27.9 Å². The Labute approximate surface area is 49.0 Å². The summed E-state index contributed by atoms with van der Waals surface area (Å²) >= 11 is 0. The van der Waals surface area contributed by atoms with Gasteiger partial charge >= 0.3 is 17.7 Å². The number of carboxylic acid groups (broad SMARTS) is 2. The van der Waals surface area contributed by atoms with E-state index in [0.717, 1.165) is 0 Å². The highest BCUT2D eigenvalue weighted by Gasteiger charge is 2.61. The van der Waals surface area contributed by atoms with Gasteiger partial charge in [0.15, 0.2) is 0 Å². The van der Waals surface area contributed by atoms with E-state index in [1.165, 1.54) is 0 Å². The number of aliphatic carboxylic acids is 2. The Morgan fingerprint density at radius 3 is 1.67 bits per heavy atom. The second-order valence-corrected chi connectivity index (χ2v) is 1.50. The molecule has 0 radical (unpaired) electrons. The lowest BCUT2D eigenvalue weighted by Crippen LogP contribution is -2.36. The third-order valence-corrected chi connectivity index (χ3v) is 0.909. The fourth-order valence-electron chi connectivity index (χ4n) is 0.317. The Morgan fingerprint density at radius 1 is 1.33 bits per heavy atom. The molecule has 0 aromatic rings. The van der Waals surface area contributed by atoms with Crippen LogP contribution in [0.5, 0.6) is 0 Å². The van der Waals surface area contributed by atoms with E-state index in [-0.39, 0.29) is 0 Å². The third kappa shape index (κ3) is 0.644. The van der Waals surface area contributed by atoms with Crippen LogP contribution >= 0.6 is 0 Å². The van der Waals surface area contributed by atoms with Crippen LogP contribution in [0, 0.1) is 0 Å². The van der Waals surface area contributed by atoms with Crippen molar-refractivity contribution in [1.29, 1.82) is 0 Å². The van der Waals surface area contributed by atoms with Crippen molar-refractivity contribution in [3.63, 3.8) is 0 Å². The summed E-state index contributed by atoms with van der Waals surface area (Å²) < 4.78 is 0. The van der Waals surface area contributed by atoms with Crippen LogP contribution in [0.25, 0.3) is 0 Å². The molecule has 0 spiro atoms. The molecule has 0 amide bonds. The molecule has 1 rings (SSSR count). The van der Waals surface area contributed by atoms with Gasteiger partial charge in [0.2, 0.25) is 0 Å². The molecule has 0 bridgehead atoms. The maximum Gasteiger partial charge on any atom is 0.367 e. The smallest absolute Gasteiger partial charge is 0.367 e. The number of carboxylic acids is 2. The van der Waals surface area contributed by atoms with Crippen molar-refractivity contribution in [2.45, 2.75) is 5.72 Å². The summed E-state index contributed by atoms with van der Waals surface area (Å²) in [5.74, 6) is -3.09. The highest BCUT2D eigenvalue weighted by atomic mass is 16.8. The molecule has 1 heterocycles. The van der Waals surface area contributed by atoms with Gasteiger partial charge < -0.3 is 10.2 Å². The minimum atomic E-state index is -2.17. The van der Waals surface area contributed by atoms with Crippen LogP contribution in [0.4, 0.5) is 0 Å². The highest BCUT2D eigenvalue weighted by molar-refractivity contribution is 6.03. The normalized spacial score (nSPS) is 20.9. The van der Waals surface area contributed by atoms with Crippen molar-refractivity contribution >= 4 is 11.9 Å². The first-order valence-corrected chi connectivity index (χ1v) is 2.01. The number of hydrogen-bond donors (Lipinski definition) is 3. The fourth-order valence-corrected chi connectivity index (χ4v) is 0.317. The molecule has 0 saturated carbocycles. The topological polar surface area (TPSA) is 109 Å². The van der Waals surface area contributed by atoms with E-state index in [9.17, 15) is 9.59 Å². The molecule has 0 atom stereocenters. The number of hydroxylamine groups is 1. The molecule has 3 N–H and O–H groups in total. The number of rotatable bonds is 2. The summed E-state index contributed by atoms with van der Waals surface area (Å²) in [6.07, 6.45) is 0. The van der Waals surface area contributed by atoms with Gasteiger partial charge in [0.25, 0.3) is 0 Å². The molecule has 1 saturated heterocycles. The predicted molar refractivity (Wildman–Crippen MR) is 22.2 cm³/mol. The van der Waals surface area contributed by atoms with Crippen LogP contribution in [0.3, 0.4) is 0 Å². The first-order valence-electron chi connectivity index (χ1n) is 2.01. The van der Waals surface area contributed by atoms with Gasteiger partial charge in [0.05, 0.1) is 0 Å². The quantitative estimate of drug-likeness (QED) is 0.308. The van der Waals surface area contributed by atoms with E-state index in [1.54, 1.807) is 5.48 Å². The van der Waals surface area contributed by atoms with Gasteiger partial charge in [0.1, 0.15) is 0 Å². The fraction of sp³-hybridized carbons (Fsp3) is 0.333. The van der Waals surface area contributed by atoms with Crippen molar-refractivity contribution in [3.05, 3.63) is 0 Å². The molecule has 0 aromatic carbocycles. The number of hydrogen-bond acceptors (Lipinski definition) is 4. The van der Waals surface area contributed by atoms with E-state index in [1.807, 2.05) is 0 Å². The van der Waals surface area contributed by atoms with E-state index in [2.05, 4.69) is 4.84 Å². The maximum atomic E-state index is 9.96. The van der Waals surface area contributed by atoms with Gasteiger partial charge in [-0.25, -0.2) is 14.4 Å². The first-order chi connectivity index (χ1) is 4.09. The molecule has 0 unspecified atom stereocenters. The van der Waals surface area contributed by atoms with E-state index in [0.29, 0.717) is 0 Å². The average molecular weight is 133 g/mol. The predicted octanol–water partition coefficient (Wildman–Crippen LogP) is -1.61. The van der Waals surface area contributed by atoms with E-state index >= 15 is 0 Å². The summed E-state index contributed by atoms with van der Waals surface area (Å²) in [5.41, 5.74) is -0.419. The van der Waals surface area contributed by atoms with Crippen LogP contribution in [0.2, 0.25) is 0 Å². The Morgan fingerprint density at radius 2 is 1.67 bits per heavy atom. The number of carbonyl (C=O) groups is 2. The molecule has 6 nitrogen and oxygen atoms in total. The summed E-state index contributed by atoms with van der Waals surface area (Å²) in [7, 11) is 0. The minimum absolute atomic E-state index is 1.55. The molecular weight excluding hydrogens is 130 g/mol. The second kappa shape index (κ2) is 1.42. The largest absolute Gasteiger partial charge is 0.477 e. The van der Waals surface area contributed by atoms with Crippen LogP contribution in [0.1, 0.15) is 0 Å². The lowest BCUT2D eigenvalue weighted by atomic mass is 10.3. The van der Waals surface area contributed by atoms with Gasteiger partial charge in [-0.3, -0.25) is 0 Å². The SMILES string of the molecule is O=C(O)C1(C(=O)O)NO1. The lowest BCUT2D eigenvalue weighted by molar-refractivity contribution is -0.156. The summed E-state index contributed by atoms with van der Waals surface area (Å²) in [6, 6.07) is 0. The molecule has 50 valence electrons. The van der Waals surface area contributed by atoms with Gasteiger partial charge in [0, 0.05) is 0 Å². The Kier molecular flexibility index (Phi) is 0.948. The number of nitrogens with one attached hydrogen (secondary N) is 1. The lowest BCUT2D eigenvalue weighted by Gasteiger charge is -1.92. The van der Waals surface area contributed by atoms with Gasteiger partial charge in [-0.2, -0.15) is 0 Å². The second-order valence-electron chi connectivity index (χ2n) is 1.50. The zero-order valence-corrected chi connectivity index (χ0v) is 4.12. The summed E-state index contributed by atoms with van der Waals surface area (Å²) in [6.45, 7) is 0. The monoisotopic (exact) mass is 133 g/mol. The molecule has 1 aliphatic rings. The van der Waals surface area contributed by atoms with Crippen molar-refractivity contribution in [3.8, 4) is 0 Å². The van der Waals surface area contributed by atoms with Gasteiger partial charge in [-0.05, 0) is 0 Å². The van der Waals surface area contributed by atoms with Gasteiger partial charge in [-0.15, -0.1) is 5.48 Å². The van der Waals surface area contributed by atoms with Crippen LogP contribution < -0.4 is 5.48 Å². The highest BCUT2D eigenvalue weighted by Crippen LogP contribution is 2.18. The van der Waals surface area contributed by atoms with Crippen LogP contribution in [0.15, 0.2) is 0 Å². The summed E-state index contributed by atoms with van der Waals surface area (Å²) in [5, 5.41) is 16.2. The third-order valence-electron chi connectivity index (χ3n) is 0.909. The maximum absolute atomic E-state index is 9.96. The average Bonchev–Trinajstić information content (AvgIpc) is 2.40. The van der Waals surface area contributed by atoms with Gasteiger partial charge in [-0.1, -0.05) is 0 Å². The standard InChI is InChI=1S/C3H3NO5/c5-1(6)3(2(7)8)4-9-3/h4H,(H,5,6)(H,7,8). The molecule has 0 aromatic heterocycles. The Balaban J connectivity index is 2.75. The van der Waals surface area contributed by atoms with Crippen LogP contribution in [-0.2, 0) is 14.4 Å². The molecule has 0 aliphatic carbocycles. The minimum Gasteiger partial charge on any atom is -0.477 e. The molecule has 9 heavy (non-hydrogen) atoms. The summed E-state index contributed by atoms with van der Waals surface area (Å²) in [4.78, 5) is 23.9. The van der Waals surface area contributed by atoms with Crippen molar-refractivity contribution < 1.29 is 24.6 Å². The zero-order chi connectivity index (χ0) is 7.07. The van der Waals surface area contributed by atoms with Crippen molar-refractivity contribution in [2.75, 3.05) is 0 Å². The molecule has 6 heteroatoms. The zero-order valence-electron chi connectivity index (χ0n) is 4.12. The Hall–Kier alpha value is -1.14.